The van der Waals surface area contributed by atoms with Crippen molar-refractivity contribution in [3.05, 3.63) is 71.3 Å². The summed E-state index contributed by atoms with van der Waals surface area (Å²) in [6.45, 7) is 0.201. The van der Waals surface area contributed by atoms with Gasteiger partial charge in [0.25, 0.3) is 5.91 Å². The second-order valence-electron chi connectivity index (χ2n) is 4.97. The second-order valence-corrected chi connectivity index (χ2v) is 6.55. The quantitative estimate of drug-likeness (QED) is 0.330. The van der Waals surface area contributed by atoms with Gasteiger partial charge in [-0.05, 0) is 29.8 Å². The fraction of sp³-hybridized carbons (Fsp3) is 0.158. The van der Waals surface area contributed by atoms with Crippen LogP contribution >= 0.6 is 23.4 Å². The van der Waals surface area contributed by atoms with E-state index in [9.17, 15) is 9.59 Å². The van der Waals surface area contributed by atoms with Crippen molar-refractivity contribution in [3.8, 4) is 0 Å². The smallest absolute Gasteiger partial charge is 0.331 e. The Morgan fingerprint density at radius 1 is 1.08 bits per heavy atom. The number of halogens is 1. The van der Waals surface area contributed by atoms with Gasteiger partial charge in [-0.25, -0.2) is 4.79 Å². The predicted molar refractivity (Wildman–Crippen MR) is 102 cm³/mol. The van der Waals surface area contributed by atoms with Crippen molar-refractivity contribution in [2.75, 3.05) is 18.9 Å². The molecule has 2 aromatic rings. The van der Waals surface area contributed by atoms with E-state index in [4.69, 9.17) is 16.3 Å². The summed E-state index contributed by atoms with van der Waals surface area (Å²) >= 11 is 7.63. The molecule has 6 heteroatoms. The SMILES string of the molecule is O=C(COC(=O)/C=C/c1ccccc1Cl)NCCSc1ccccc1. The third-order valence-corrected chi connectivity index (χ3v) is 4.44. The number of hydrogen-bond donors (Lipinski definition) is 1. The Labute approximate surface area is 156 Å². The molecule has 1 amide bonds. The summed E-state index contributed by atoms with van der Waals surface area (Å²) in [7, 11) is 0. The molecule has 0 aliphatic heterocycles. The maximum atomic E-state index is 11.6. The van der Waals surface area contributed by atoms with E-state index in [1.54, 1.807) is 36.0 Å². The molecule has 25 heavy (non-hydrogen) atoms. The number of amides is 1. The van der Waals surface area contributed by atoms with E-state index < -0.39 is 5.97 Å². The topological polar surface area (TPSA) is 55.4 Å². The molecule has 1 N–H and O–H groups in total. The molecule has 0 aromatic heterocycles. The Morgan fingerprint density at radius 2 is 1.80 bits per heavy atom. The van der Waals surface area contributed by atoms with Crippen molar-refractivity contribution in [1.29, 1.82) is 0 Å². The summed E-state index contributed by atoms with van der Waals surface area (Å²) in [5.41, 5.74) is 0.712. The number of esters is 1. The maximum Gasteiger partial charge on any atom is 0.331 e. The molecule has 0 fully saturated rings. The van der Waals surface area contributed by atoms with Crippen molar-refractivity contribution < 1.29 is 14.3 Å². The van der Waals surface area contributed by atoms with Crippen LogP contribution in [-0.4, -0.2) is 30.8 Å². The third kappa shape index (κ3) is 7.45. The van der Waals surface area contributed by atoms with Crippen LogP contribution in [0.1, 0.15) is 5.56 Å². The molecule has 0 unspecified atom stereocenters. The number of carbonyl (C=O) groups excluding carboxylic acids is 2. The van der Waals surface area contributed by atoms with Gasteiger partial charge in [0.15, 0.2) is 6.61 Å². The molecule has 0 aliphatic rings. The van der Waals surface area contributed by atoms with Gasteiger partial charge in [-0.3, -0.25) is 4.79 Å². The summed E-state index contributed by atoms with van der Waals surface area (Å²) in [6.07, 6.45) is 2.80. The highest BCUT2D eigenvalue weighted by molar-refractivity contribution is 7.99. The molecule has 130 valence electrons. The lowest BCUT2D eigenvalue weighted by molar-refractivity contribution is -0.143. The minimum atomic E-state index is -0.589. The van der Waals surface area contributed by atoms with Gasteiger partial charge in [0, 0.05) is 28.3 Å². The number of rotatable bonds is 8. The molecular formula is C19H18ClNO3S. The molecule has 0 heterocycles. The van der Waals surface area contributed by atoms with Crippen molar-refractivity contribution in [2.45, 2.75) is 4.90 Å². The first kappa shape index (κ1) is 19.1. The molecule has 0 bridgehead atoms. The van der Waals surface area contributed by atoms with Crippen molar-refractivity contribution in [2.24, 2.45) is 0 Å². The number of carbonyl (C=O) groups is 2. The van der Waals surface area contributed by atoms with Crippen LogP contribution in [0.15, 0.2) is 65.6 Å². The van der Waals surface area contributed by atoms with Crippen LogP contribution in [-0.2, 0) is 14.3 Å². The van der Waals surface area contributed by atoms with E-state index in [2.05, 4.69) is 5.32 Å². The van der Waals surface area contributed by atoms with Crippen LogP contribution in [0.3, 0.4) is 0 Å². The van der Waals surface area contributed by atoms with Gasteiger partial charge in [0.1, 0.15) is 0 Å². The lowest BCUT2D eigenvalue weighted by Gasteiger charge is -2.05. The Balaban J connectivity index is 1.62. The van der Waals surface area contributed by atoms with E-state index in [-0.39, 0.29) is 12.5 Å². The van der Waals surface area contributed by atoms with E-state index >= 15 is 0 Å². The molecule has 0 aliphatic carbocycles. The van der Waals surface area contributed by atoms with Gasteiger partial charge in [0.05, 0.1) is 0 Å². The van der Waals surface area contributed by atoms with Crippen molar-refractivity contribution >= 4 is 41.3 Å². The summed E-state index contributed by atoms with van der Waals surface area (Å²) in [6, 6.07) is 17.1. The summed E-state index contributed by atoms with van der Waals surface area (Å²) in [5.74, 6) is -0.169. The second kappa shape index (κ2) is 10.6. The normalized spacial score (nSPS) is 10.6. The van der Waals surface area contributed by atoms with Gasteiger partial charge in [-0.2, -0.15) is 0 Å². The zero-order valence-electron chi connectivity index (χ0n) is 13.5. The average Bonchev–Trinajstić information content (AvgIpc) is 2.64. The molecular weight excluding hydrogens is 358 g/mol. The van der Waals surface area contributed by atoms with Gasteiger partial charge >= 0.3 is 5.97 Å². The van der Waals surface area contributed by atoms with Crippen LogP contribution in [0, 0.1) is 0 Å². The standard InChI is InChI=1S/C19H18ClNO3S/c20-17-9-5-4-6-15(17)10-11-19(23)24-14-18(22)21-12-13-25-16-7-2-1-3-8-16/h1-11H,12-14H2,(H,21,22)/b11-10+. The van der Waals surface area contributed by atoms with Crippen molar-refractivity contribution in [1.82, 2.24) is 5.32 Å². The first-order valence-corrected chi connectivity index (χ1v) is 9.05. The highest BCUT2D eigenvalue weighted by atomic mass is 35.5. The zero-order valence-corrected chi connectivity index (χ0v) is 15.1. The largest absolute Gasteiger partial charge is 0.452 e. The first-order valence-electron chi connectivity index (χ1n) is 7.69. The molecule has 0 saturated heterocycles. The van der Waals surface area contributed by atoms with Crippen LogP contribution in [0.4, 0.5) is 0 Å². The van der Waals surface area contributed by atoms with Gasteiger partial charge in [0.2, 0.25) is 0 Å². The van der Waals surface area contributed by atoms with E-state index in [1.807, 2.05) is 36.4 Å². The van der Waals surface area contributed by atoms with E-state index in [0.717, 1.165) is 10.6 Å². The summed E-state index contributed by atoms with van der Waals surface area (Å²) < 4.78 is 4.89. The molecule has 2 rings (SSSR count). The van der Waals surface area contributed by atoms with Gasteiger partial charge < -0.3 is 10.1 Å². The monoisotopic (exact) mass is 375 g/mol. The lowest BCUT2D eigenvalue weighted by Crippen LogP contribution is -2.30. The Hall–Kier alpha value is -2.24. The number of benzene rings is 2. The average molecular weight is 376 g/mol. The summed E-state index contributed by atoms with van der Waals surface area (Å²) in [5, 5.41) is 3.25. The number of hydrogen-bond acceptors (Lipinski definition) is 4. The fourth-order valence-corrected chi connectivity index (χ4v) is 2.87. The predicted octanol–water partition coefficient (Wildman–Crippen LogP) is 3.80. The molecule has 0 saturated carbocycles. The molecule has 2 aromatic carbocycles. The first-order chi connectivity index (χ1) is 12.1. The molecule has 4 nitrogen and oxygen atoms in total. The van der Waals surface area contributed by atoms with E-state index in [0.29, 0.717) is 17.1 Å². The van der Waals surface area contributed by atoms with Gasteiger partial charge in [-0.15, -0.1) is 11.8 Å². The molecule has 0 radical (unpaired) electrons. The number of thioether (sulfide) groups is 1. The Bertz CT molecular complexity index is 734. The highest BCUT2D eigenvalue weighted by Crippen LogP contribution is 2.16. The molecule has 0 spiro atoms. The molecule has 0 atom stereocenters. The highest BCUT2D eigenvalue weighted by Gasteiger charge is 2.05. The number of ether oxygens (including phenoxy) is 1. The maximum absolute atomic E-state index is 11.6. The Kier molecular flexibility index (Phi) is 8.09. The third-order valence-electron chi connectivity index (χ3n) is 3.09. The summed E-state index contributed by atoms with van der Waals surface area (Å²) in [4.78, 5) is 24.4. The fourth-order valence-electron chi connectivity index (χ4n) is 1.88. The van der Waals surface area contributed by atoms with Crippen molar-refractivity contribution in [3.63, 3.8) is 0 Å². The minimum absolute atomic E-state index is 0.304. The lowest BCUT2D eigenvalue weighted by atomic mass is 10.2. The van der Waals surface area contributed by atoms with Crippen LogP contribution in [0.25, 0.3) is 6.08 Å². The van der Waals surface area contributed by atoms with Crippen LogP contribution < -0.4 is 5.32 Å². The zero-order chi connectivity index (χ0) is 17.9. The van der Waals surface area contributed by atoms with E-state index in [1.165, 1.54) is 6.08 Å². The minimum Gasteiger partial charge on any atom is -0.452 e. The van der Waals surface area contributed by atoms with Crippen LogP contribution in [0.2, 0.25) is 5.02 Å². The Morgan fingerprint density at radius 3 is 2.56 bits per heavy atom. The van der Waals surface area contributed by atoms with Gasteiger partial charge in [-0.1, -0.05) is 48.0 Å². The van der Waals surface area contributed by atoms with Crippen LogP contribution in [0.5, 0.6) is 0 Å². The number of nitrogens with one attached hydrogen (secondary N) is 1.